The predicted octanol–water partition coefficient (Wildman–Crippen LogP) is 2.15. The predicted molar refractivity (Wildman–Crippen MR) is 51.6 cm³/mol. The molecule has 0 aliphatic heterocycles. The smallest absolute Gasteiger partial charge is 0.308 e. The molecule has 0 spiro atoms. The van der Waals surface area contributed by atoms with Gasteiger partial charge >= 0.3 is 5.97 Å². The normalized spacial score (nSPS) is 10.0. The third-order valence-electron chi connectivity index (χ3n) is 1.67. The molecular weight excluding hydrogens is 168 g/mol. The molecule has 0 saturated heterocycles. The molecular formula is C10H20O3. The van der Waals surface area contributed by atoms with E-state index in [2.05, 4.69) is 6.92 Å². The number of unbranched alkanes of at least 4 members (excludes halogenated alkanes) is 2. The van der Waals surface area contributed by atoms with Crippen molar-refractivity contribution in [3.05, 3.63) is 0 Å². The Labute approximate surface area is 80.4 Å². The van der Waals surface area contributed by atoms with Crippen molar-refractivity contribution in [3.8, 4) is 0 Å². The molecule has 78 valence electrons. The van der Waals surface area contributed by atoms with Gasteiger partial charge in [0.05, 0.1) is 19.6 Å². The Kier molecular flexibility index (Phi) is 9.10. The van der Waals surface area contributed by atoms with Gasteiger partial charge in [0.15, 0.2) is 0 Å². The van der Waals surface area contributed by atoms with E-state index in [1.165, 1.54) is 0 Å². The summed E-state index contributed by atoms with van der Waals surface area (Å²) in [6.07, 6.45) is 3.62. The molecule has 13 heavy (non-hydrogen) atoms. The third kappa shape index (κ3) is 9.34. The van der Waals surface area contributed by atoms with E-state index in [0.717, 1.165) is 19.3 Å². The molecule has 0 aromatic carbocycles. The van der Waals surface area contributed by atoms with Gasteiger partial charge in [-0.2, -0.15) is 0 Å². The summed E-state index contributed by atoms with van der Waals surface area (Å²) >= 11 is 0. The molecule has 0 radical (unpaired) electrons. The topological polar surface area (TPSA) is 35.5 Å². The molecule has 0 aromatic rings. The monoisotopic (exact) mass is 188 g/mol. The fourth-order valence-corrected chi connectivity index (χ4v) is 0.910. The summed E-state index contributed by atoms with van der Waals surface area (Å²) in [7, 11) is 0. The lowest BCUT2D eigenvalue weighted by molar-refractivity contribution is -0.144. The quantitative estimate of drug-likeness (QED) is 0.432. The Morgan fingerprint density at radius 1 is 1.15 bits per heavy atom. The molecule has 0 saturated carbocycles. The number of carbonyl (C=O) groups excluding carboxylic acids is 1. The maximum Gasteiger partial charge on any atom is 0.308 e. The summed E-state index contributed by atoms with van der Waals surface area (Å²) in [5.74, 6) is -0.149. The van der Waals surface area contributed by atoms with E-state index in [0.29, 0.717) is 26.2 Å². The summed E-state index contributed by atoms with van der Waals surface area (Å²) in [6, 6.07) is 0. The summed E-state index contributed by atoms with van der Waals surface area (Å²) in [4.78, 5) is 11.0. The second kappa shape index (κ2) is 9.52. The zero-order valence-electron chi connectivity index (χ0n) is 8.67. The van der Waals surface area contributed by atoms with E-state index in [4.69, 9.17) is 9.47 Å². The first kappa shape index (κ1) is 12.4. The molecule has 0 N–H and O–H groups in total. The van der Waals surface area contributed by atoms with Gasteiger partial charge in [-0.05, 0) is 13.3 Å². The lowest BCUT2D eigenvalue weighted by Gasteiger charge is -2.03. The molecule has 0 heterocycles. The van der Waals surface area contributed by atoms with Crippen LogP contribution in [0, 0.1) is 0 Å². The highest BCUT2D eigenvalue weighted by molar-refractivity contribution is 5.69. The van der Waals surface area contributed by atoms with Gasteiger partial charge in [-0.3, -0.25) is 4.79 Å². The fourth-order valence-electron chi connectivity index (χ4n) is 0.910. The zero-order chi connectivity index (χ0) is 9.94. The Morgan fingerprint density at radius 2 is 1.92 bits per heavy atom. The van der Waals surface area contributed by atoms with Gasteiger partial charge in [0.1, 0.15) is 0 Å². The van der Waals surface area contributed by atoms with Crippen molar-refractivity contribution in [2.45, 2.75) is 39.5 Å². The van der Waals surface area contributed by atoms with Gasteiger partial charge in [0, 0.05) is 6.61 Å². The maximum absolute atomic E-state index is 11.0. The minimum Gasteiger partial charge on any atom is -0.466 e. The second-order valence-corrected chi connectivity index (χ2v) is 2.87. The van der Waals surface area contributed by atoms with Crippen molar-refractivity contribution in [1.29, 1.82) is 0 Å². The van der Waals surface area contributed by atoms with Crippen LogP contribution in [0.1, 0.15) is 39.5 Å². The van der Waals surface area contributed by atoms with Crippen LogP contribution in [0.4, 0.5) is 0 Å². The molecule has 0 unspecified atom stereocenters. The Balaban J connectivity index is 3.11. The molecule has 0 aliphatic rings. The summed E-state index contributed by atoms with van der Waals surface area (Å²) < 4.78 is 10.0. The van der Waals surface area contributed by atoms with Crippen molar-refractivity contribution < 1.29 is 14.3 Å². The Bertz CT molecular complexity index is 123. The van der Waals surface area contributed by atoms with E-state index in [1.54, 1.807) is 0 Å². The maximum atomic E-state index is 11.0. The Hall–Kier alpha value is -0.570. The average Bonchev–Trinajstić information content (AvgIpc) is 2.13. The summed E-state index contributed by atoms with van der Waals surface area (Å²) in [5, 5.41) is 0. The van der Waals surface area contributed by atoms with Crippen LogP contribution in [0.2, 0.25) is 0 Å². The van der Waals surface area contributed by atoms with Crippen LogP contribution in [-0.4, -0.2) is 25.8 Å². The van der Waals surface area contributed by atoms with Crippen molar-refractivity contribution >= 4 is 5.97 Å². The van der Waals surface area contributed by atoms with E-state index in [9.17, 15) is 4.79 Å². The van der Waals surface area contributed by atoms with Gasteiger partial charge in [-0.1, -0.05) is 19.8 Å². The summed E-state index contributed by atoms with van der Waals surface area (Å²) in [5.41, 5.74) is 0. The molecule has 0 bridgehead atoms. The SMILES string of the molecule is CCCCCOC(=O)CCOCC. The molecule has 3 nitrogen and oxygen atoms in total. The van der Waals surface area contributed by atoms with Gasteiger partial charge in [0.25, 0.3) is 0 Å². The van der Waals surface area contributed by atoms with Crippen LogP contribution in [0.3, 0.4) is 0 Å². The van der Waals surface area contributed by atoms with Crippen LogP contribution in [0.15, 0.2) is 0 Å². The number of carbonyl (C=O) groups is 1. The van der Waals surface area contributed by atoms with Crippen LogP contribution >= 0.6 is 0 Å². The van der Waals surface area contributed by atoms with E-state index in [-0.39, 0.29) is 5.97 Å². The highest BCUT2D eigenvalue weighted by Gasteiger charge is 2.01. The highest BCUT2D eigenvalue weighted by Crippen LogP contribution is 1.96. The van der Waals surface area contributed by atoms with Crippen molar-refractivity contribution in [2.75, 3.05) is 19.8 Å². The lowest BCUT2D eigenvalue weighted by atomic mass is 10.3. The highest BCUT2D eigenvalue weighted by atomic mass is 16.5. The largest absolute Gasteiger partial charge is 0.466 e. The van der Waals surface area contributed by atoms with Crippen LogP contribution in [-0.2, 0) is 14.3 Å². The number of hydrogen-bond acceptors (Lipinski definition) is 3. The molecule has 0 atom stereocenters. The fraction of sp³-hybridized carbons (Fsp3) is 0.900. The van der Waals surface area contributed by atoms with Gasteiger partial charge in [-0.25, -0.2) is 0 Å². The van der Waals surface area contributed by atoms with E-state index in [1.807, 2.05) is 6.92 Å². The first-order chi connectivity index (χ1) is 6.31. The average molecular weight is 188 g/mol. The van der Waals surface area contributed by atoms with Crippen LogP contribution in [0.25, 0.3) is 0 Å². The molecule has 0 aliphatic carbocycles. The van der Waals surface area contributed by atoms with Crippen molar-refractivity contribution in [3.63, 3.8) is 0 Å². The molecule has 0 aromatic heterocycles. The second-order valence-electron chi connectivity index (χ2n) is 2.87. The van der Waals surface area contributed by atoms with Crippen LogP contribution < -0.4 is 0 Å². The molecule has 0 fully saturated rings. The minimum absolute atomic E-state index is 0.149. The zero-order valence-corrected chi connectivity index (χ0v) is 8.67. The minimum atomic E-state index is -0.149. The van der Waals surface area contributed by atoms with Crippen molar-refractivity contribution in [1.82, 2.24) is 0 Å². The molecule has 0 rings (SSSR count). The van der Waals surface area contributed by atoms with Gasteiger partial charge in [0.2, 0.25) is 0 Å². The summed E-state index contributed by atoms with van der Waals surface area (Å²) in [6.45, 7) is 5.72. The number of hydrogen-bond donors (Lipinski definition) is 0. The first-order valence-electron chi connectivity index (χ1n) is 5.04. The number of rotatable bonds is 8. The van der Waals surface area contributed by atoms with Crippen LogP contribution in [0.5, 0.6) is 0 Å². The first-order valence-corrected chi connectivity index (χ1v) is 5.04. The molecule has 0 amide bonds. The number of ether oxygens (including phenoxy) is 2. The lowest BCUT2D eigenvalue weighted by Crippen LogP contribution is -2.09. The van der Waals surface area contributed by atoms with Crippen molar-refractivity contribution in [2.24, 2.45) is 0 Å². The van der Waals surface area contributed by atoms with Gasteiger partial charge in [-0.15, -0.1) is 0 Å². The van der Waals surface area contributed by atoms with E-state index >= 15 is 0 Å². The Morgan fingerprint density at radius 3 is 2.54 bits per heavy atom. The van der Waals surface area contributed by atoms with Gasteiger partial charge < -0.3 is 9.47 Å². The number of esters is 1. The molecule has 3 heteroatoms. The van der Waals surface area contributed by atoms with E-state index < -0.39 is 0 Å². The third-order valence-corrected chi connectivity index (χ3v) is 1.67. The standard InChI is InChI=1S/C10H20O3/c1-3-5-6-8-13-10(11)7-9-12-4-2/h3-9H2,1-2H3.